The van der Waals surface area contributed by atoms with Crippen molar-refractivity contribution in [2.75, 3.05) is 7.11 Å². The molecule has 0 saturated heterocycles. The molecule has 23 heavy (non-hydrogen) atoms. The molecule has 0 saturated carbocycles. The summed E-state index contributed by atoms with van der Waals surface area (Å²) in [4.78, 5) is 22.1. The first-order valence-corrected chi connectivity index (χ1v) is 9.06. The molecule has 0 aliphatic heterocycles. The van der Waals surface area contributed by atoms with Crippen molar-refractivity contribution in [1.29, 1.82) is 0 Å². The number of ketones is 1. The van der Waals surface area contributed by atoms with Gasteiger partial charge in [-0.05, 0) is 32.1 Å². The number of aliphatic hydroxyl groups is 1. The van der Waals surface area contributed by atoms with Gasteiger partial charge < -0.3 is 9.84 Å². The molecule has 134 valence electrons. The highest BCUT2D eigenvalue weighted by Gasteiger charge is 2.12. The minimum Gasteiger partial charge on any atom is -0.463 e. The van der Waals surface area contributed by atoms with Gasteiger partial charge in [0.1, 0.15) is 0 Å². The standard InChI is InChI=1S/C19H34O4/c1-3-4-5-11-14-17(20)15-12-9-7-6-8-10-13-16-18(21)19(22)23-2/h9,12,17,20H,3-8,10-11,13-16H2,1-2H3/b12-9-. The molecular weight excluding hydrogens is 292 g/mol. The maximum absolute atomic E-state index is 11.2. The van der Waals surface area contributed by atoms with E-state index in [1.54, 1.807) is 0 Å². The van der Waals surface area contributed by atoms with Gasteiger partial charge in [0, 0.05) is 6.42 Å². The molecule has 0 fully saturated rings. The molecule has 0 aromatic rings. The number of unbranched alkanes of at least 4 members (excludes halogenated alkanes) is 7. The summed E-state index contributed by atoms with van der Waals surface area (Å²) >= 11 is 0. The average Bonchev–Trinajstić information content (AvgIpc) is 2.56. The van der Waals surface area contributed by atoms with E-state index in [2.05, 4.69) is 23.8 Å². The third-order valence-corrected chi connectivity index (χ3v) is 3.90. The Morgan fingerprint density at radius 3 is 2.39 bits per heavy atom. The van der Waals surface area contributed by atoms with Crippen molar-refractivity contribution in [2.45, 2.75) is 90.1 Å². The van der Waals surface area contributed by atoms with Crippen molar-refractivity contribution in [3.8, 4) is 0 Å². The fourth-order valence-corrected chi connectivity index (χ4v) is 2.41. The molecule has 0 aliphatic rings. The number of methoxy groups -OCH3 is 1. The minimum absolute atomic E-state index is 0.201. The van der Waals surface area contributed by atoms with Crippen molar-refractivity contribution in [3.63, 3.8) is 0 Å². The van der Waals surface area contributed by atoms with Crippen LogP contribution in [0.4, 0.5) is 0 Å². The summed E-state index contributed by atoms with van der Waals surface area (Å²) in [5.74, 6) is -1.17. The first-order chi connectivity index (χ1) is 11.1. The highest BCUT2D eigenvalue weighted by molar-refractivity contribution is 6.33. The van der Waals surface area contributed by atoms with Crippen LogP contribution in [0.25, 0.3) is 0 Å². The number of esters is 1. The molecule has 1 N–H and O–H groups in total. The van der Waals surface area contributed by atoms with Crippen LogP contribution in [0.5, 0.6) is 0 Å². The number of carbonyl (C=O) groups is 2. The lowest BCUT2D eigenvalue weighted by molar-refractivity contribution is -0.151. The van der Waals surface area contributed by atoms with Crippen molar-refractivity contribution in [1.82, 2.24) is 0 Å². The van der Waals surface area contributed by atoms with E-state index >= 15 is 0 Å². The quantitative estimate of drug-likeness (QED) is 0.210. The van der Waals surface area contributed by atoms with Crippen LogP contribution in [0.3, 0.4) is 0 Å². The lowest BCUT2D eigenvalue weighted by Crippen LogP contribution is -2.14. The minimum atomic E-state index is -0.735. The first-order valence-electron chi connectivity index (χ1n) is 9.06. The highest BCUT2D eigenvalue weighted by Crippen LogP contribution is 2.10. The van der Waals surface area contributed by atoms with Crippen LogP contribution in [0.1, 0.15) is 84.0 Å². The fraction of sp³-hybridized carbons (Fsp3) is 0.789. The second kappa shape index (κ2) is 15.7. The summed E-state index contributed by atoms with van der Waals surface area (Å²) < 4.78 is 4.37. The van der Waals surface area contributed by atoms with Gasteiger partial charge in [0.25, 0.3) is 0 Å². The zero-order valence-corrected chi connectivity index (χ0v) is 14.9. The van der Waals surface area contributed by atoms with Crippen molar-refractivity contribution < 1.29 is 19.4 Å². The van der Waals surface area contributed by atoms with Gasteiger partial charge in [-0.25, -0.2) is 4.79 Å². The van der Waals surface area contributed by atoms with Crippen molar-refractivity contribution >= 4 is 11.8 Å². The Morgan fingerprint density at radius 1 is 1.00 bits per heavy atom. The molecule has 0 aromatic heterocycles. The van der Waals surface area contributed by atoms with E-state index in [-0.39, 0.29) is 12.5 Å². The number of aliphatic hydroxyl groups excluding tert-OH is 1. The average molecular weight is 326 g/mol. The largest absolute Gasteiger partial charge is 0.463 e. The monoisotopic (exact) mass is 326 g/mol. The predicted molar refractivity (Wildman–Crippen MR) is 93.2 cm³/mol. The SMILES string of the molecule is CCCCCCC(O)C/C=C\CCCCCCC(=O)C(=O)OC. The molecule has 0 aromatic carbocycles. The molecule has 4 heteroatoms. The number of hydrogen-bond acceptors (Lipinski definition) is 4. The molecule has 4 nitrogen and oxygen atoms in total. The van der Waals surface area contributed by atoms with Crippen LogP contribution in [-0.4, -0.2) is 30.1 Å². The van der Waals surface area contributed by atoms with E-state index in [0.29, 0.717) is 0 Å². The van der Waals surface area contributed by atoms with Crippen LogP contribution in [0.2, 0.25) is 0 Å². The molecule has 0 aliphatic carbocycles. The van der Waals surface area contributed by atoms with E-state index in [9.17, 15) is 14.7 Å². The topological polar surface area (TPSA) is 63.6 Å². The number of hydrogen-bond donors (Lipinski definition) is 1. The van der Waals surface area contributed by atoms with Crippen LogP contribution < -0.4 is 0 Å². The third-order valence-electron chi connectivity index (χ3n) is 3.90. The second-order valence-corrected chi connectivity index (χ2v) is 6.08. The second-order valence-electron chi connectivity index (χ2n) is 6.08. The van der Waals surface area contributed by atoms with Gasteiger partial charge in [-0.1, -0.05) is 57.6 Å². The first kappa shape index (κ1) is 21.8. The normalized spacial score (nSPS) is 12.5. The van der Waals surface area contributed by atoms with Crippen molar-refractivity contribution in [3.05, 3.63) is 12.2 Å². The number of Topliss-reactive ketones (excluding diaryl/α,β-unsaturated/α-hetero) is 1. The predicted octanol–water partition coefficient (Wildman–Crippen LogP) is 4.35. The lowest BCUT2D eigenvalue weighted by atomic mass is 10.1. The zero-order chi connectivity index (χ0) is 17.3. The molecule has 0 spiro atoms. The molecule has 0 radical (unpaired) electrons. The summed E-state index contributed by atoms with van der Waals surface area (Å²) in [5.41, 5.74) is 0. The highest BCUT2D eigenvalue weighted by atomic mass is 16.5. The summed E-state index contributed by atoms with van der Waals surface area (Å²) in [5, 5.41) is 9.82. The molecule has 0 heterocycles. The smallest absolute Gasteiger partial charge is 0.374 e. The van der Waals surface area contributed by atoms with Gasteiger partial charge in [-0.2, -0.15) is 0 Å². The summed E-state index contributed by atoms with van der Waals surface area (Å²) in [6, 6.07) is 0. The number of rotatable bonds is 15. The van der Waals surface area contributed by atoms with E-state index in [0.717, 1.165) is 51.4 Å². The number of allylic oxidation sites excluding steroid dienone is 1. The third kappa shape index (κ3) is 14.2. The van der Waals surface area contributed by atoms with E-state index in [4.69, 9.17) is 0 Å². The van der Waals surface area contributed by atoms with E-state index in [1.165, 1.54) is 26.4 Å². The lowest BCUT2D eigenvalue weighted by Gasteiger charge is -2.07. The molecule has 0 amide bonds. The van der Waals surface area contributed by atoms with E-state index in [1.807, 2.05) is 0 Å². The Labute approximate surface area is 141 Å². The van der Waals surface area contributed by atoms with E-state index < -0.39 is 11.8 Å². The van der Waals surface area contributed by atoms with Gasteiger partial charge >= 0.3 is 5.97 Å². The molecule has 1 unspecified atom stereocenters. The van der Waals surface area contributed by atoms with Gasteiger partial charge in [0.2, 0.25) is 5.78 Å². The maximum Gasteiger partial charge on any atom is 0.374 e. The number of carbonyl (C=O) groups excluding carboxylic acids is 2. The summed E-state index contributed by atoms with van der Waals surface area (Å²) in [6.45, 7) is 2.19. The number of ether oxygens (including phenoxy) is 1. The molecule has 1 atom stereocenters. The molecule has 0 bridgehead atoms. The van der Waals surface area contributed by atoms with Crippen LogP contribution in [0, 0.1) is 0 Å². The maximum atomic E-state index is 11.2. The Balaban J connectivity index is 3.40. The van der Waals surface area contributed by atoms with Gasteiger partial charge in [0.15, 0.2) is 0 Å². The van der Waals surface area contributed by atoms with Crippen LogP contribution in [0.15, 0.2) is 12.2 Å². The zero-order valence-electron chi connectivity index (χ0n) is 14.9. The summed E-state index contributed by atoms with van der Waals surface area (Å²) in [7, 11) is 1.23. The van der Waals surface area contributed by atoms with Crippen LogP contribution in [-0.2, 0) is 14.3 Å². The van der Waals surface area contributed by atoms with Gasteiger partial charge in [0.05, 0.1) is 13.2 Å². The fourth-order valence-electron chi connectivity index (χ4n) is 2.41. The van der Waals surface area contributed by atoms with Crippen molar-refractivity contribution in [2.24, 2.45) is 0 Å². The summed E-state index contributed by atoms with van der Waals surface area (Å²) in [6.07, 6.45) is 15.6. The Bertz CT molecular complexity index is 336. The Morgan fingerprint density at radius 2 is 1.70 bits per heavy atom. The Hall–Kier alpha value is -1.16. The Kier molecular flexibility index (Phi) is 14.9. The van der Waals surface area contributed by atoms with Crippen LogP contribution >= 0.6 is 0 Å². The molecular formula is C19H34O4. The van der Waals surface area contributed by atoms with Gasteiger partial charge in [-0.15, -0.1) is 0 Å². The molecule has 0 rings (SSSR count). The van der Waals surface area contributed by atoms with Gasteiger partial charge in [-0.3, -0.25) is 4.79 Å².